The van der Waals surface area contributed by atoms with Crippen LogP contribution >= 0.6 is 11.6 Å². The molecule has 3 rings (SSSR count). The number of amides is 1. The number of benzene rings is 1. The average Bonchev–Trinajstić information content (AvgIpc) is 3.11. The number of rotatable bonds is 6. The van der Waals surface area contributed by atoms with Crippen LogP contribution in [0, 0.1) is 0 Å². The number of nitrogens with one attached hydrogen (secondary N) is 1. The van der Waals surface area contributed by atoms with Gasteiger partial charge in [-0.2, -0.15) is 0 Å². The maximum absolute atomic E-state index is 11.7. The Balaban J connectivity index is 1.96. The Hall–Kier alpha value is -2.31. The first-order valence-corrected chi connectivity index (χ1v) is 13.8. The predicted molar refractivity (Wildman–Crippen MR) is 128 cm³/mol. The van der Waals surface area contributed by atoms with Crippen molar-refractivity contribution in [1.82, 2.24) is 10.3 Å². The molecule has 0 unspecified atom stereocenters. The molecule has 31 heavy (non-hydrogen) atoms. The Morgan fingerprint density at radius 2 is 1.87 bits per heavy atom. The van der Waals surface area contributed by atoms with Crippen LogP contribution in [0.1, 0.15) is 44.9 Å². The van der Waals surface area contributed by atoms with E-state index in [1.54, 1.807) is 13.2 Å². The molecule has 166 valence electrons. The van der Waals surface area contributed by atoms with Crippen LogP contribution in [-0.2, 0) is 4.79 Å². The average molecular weight is 459 g/mol. The third-order valence-corrected chi connectivity index (χ3v) is 10.7. The van der Waals surface area contributed by atoms with Gasteiger partial charge >= 0.3 is 0 Å². The zero-order chi connectivity index (χ0) is 22.8. The van der Waals surface area contributed by atoms with Crippen LogP contribution < -0.4 is 14.5 Å². The monoisotopic (exact) mass is 458 g/mol. The van der Waals surface area contributed by atoms with Gasteiger partial charge in [-0.3, -0.25) is 4.79 Å². The van der Waals surface area contributed by atoms with Crippen molar-refractivity contribution in [3.05, 3.63) is 58.8 Å². The van der Waals surface area contributed by atoms with Gasteiger partial charge in [-0.1, -0.05) is 50.6 Å². The fourth-order valence-electron chi connectivity index (χ4n) is 3.16. The highest BCUT2D eigenvalue weighted by atomic mass is 35.5. The van der Waals surface area contributed by atoms with E-state index >= 15 is 0 Å². The number of halogens is 1. The topological polar surface area (TPSA) is 60.5 Å². The van der Waals surface area contributed by atoms with Crippen molar-refractivity contribution < 1.29 is 14.0 Å². The Bertz CT molecular complexity index is 981. The molecule has 5 nitrogen and oxygen atoms in total. The molecule has 0 aliphatic carbocycles. The van der Waals surface area contributed by atoms with Gasteiger partial charge in [0.1, 0.15) is 10.8 Å². The summed E-state index contributed by atoms with van der Waals surface area (Å²) in [4.78, 5) is 16.3. The first-order chi connectivity index (χ1) is 14.5. The number of hydrogen-bond acceptors (Lipinski definition) is 4. The number of ether oxygens (including phenoxy) is 1. The lowest BCUT2D eigenvalue weighted by Gasteiger charge is -2.36. The molecule has 1 N–H and O–H groups in total. The molecule has 1 aliphatic heterocycles. The van der Waals surface area contributed by atoms with Crippen LogP contribution in [0.15, 0.2) is 42.5 Å². The van der Waals surface area contributed by atoms with Gasteiger partial charge in [0.25, 0.3) is 0 Å². The van der Waals surface area contributed by atoms with E-state index in [-0.39, 0.29) is 17.0 Å². The van der Waals surface area contributed by atoms with Gasteiger partial charge < -0.3 is 14.5 Å². The minimum atomic E-state index is -1.92. The molecule has 1 saturated heterocycles. The minimum Gasteiger partial charge on any atom is -0.544 e. The smallest absolute Gasteiger partial charge is 0.250 e. The van der Waals surface area contributed by atoms with Gasteiger partial charge in [0.05, 0.1) is 12.8 Å². The highest BCUT2D eigenvalue weighted by Crippen LogP contribution is 2.38. The Kier molecular flexibility index (Phi) is 6.81. The summed E-state index contributed by atoms with van der Waals surface area (Å²) in [6.07, 6.45) is 3.36. The quantitative estimate of drug-likeness (QED) is 0.552. The van der Waals surface area contributed by atoms with Gasteiger partial charge in [-0.15, -0.1) is 0 Å². The molecule has 7 heteroatoms. The van der Waals surface area contributed by atoms with Crippen molar-refractivity contribution >= 4 is 31.4 Å². The van der Waals surface area contributed by atoms with E-state index in [9.17, 15) is 4.79 Å². The summed E-state index contributed by atoms with van der Waals surface area (Å²) in [6.45, 7) is 11.1. The molecule has 0 saturated carbocycles. The Labute approximate surface area is 191 Å². The van der Waals surface area contributed by atoms with Gasteiger partial charge in [-0.25, -0.2) is 4.98 Å². The molecule has 2 aromatic rings. The minimum absolute atomic E-state index is 0.0332. The number of pyridine rings is 1. The van der Waals surface area contributed by atoms with Crippen molar-refractivity contribution in [2.24, 2.45) is 0 Å². The molecular formula is C24H31ClN2O3Si. The number of aromatic nitrogens is 1. The lowest BCUT2D eigenvalue weighted by Crippen LogP contribution is -2.43. The summed E-state index contributed by atoms with van der Waals surface area (Å²) >= 11 is 6.18. The first-order valence-electron chi connectivity index (χ1n) is 10.5. The van der Waals surface area contributed by atoms with Crippen molar-refractivity contribution in [3.63, 3.8) is 0 Å². The molecule has 0 bridgehead atoms. The van der Waals surface area contributed by atoms with Crippen LogP contribution in [0.3, 0.4) is 0 Å². The van der Waals surface area contributed by atoms with E-state index in [0.29, 0.717) is 17.3 Å². The molecule has 1 fully saturated rings. The standard InChI is InChI=1S/C24H31ClN2O3Si/c1-24(2,3)31(5,6)30-18-10-7-16(8-11-18)19(15-17-9-14-22(28)26-17)21-13-12-20(25)23(27-21)29-4/h7-8,10-13,15,17H,9,14H2,1-6H3,(H,26,28)/t17-/m1/s1. The third-order valence-electron chi connectivity index (χ3n) is 6.02. The number of nitrogens with zero attached hydrogens (tertiary/aromatic N) is 1. The second-order valence-electron chi connectivity index (χ2n) is 9.37. The molecule has 1 atom stereocenters. The third kappa shape index (κ3) is 5.49. The molecular weight excluding hydrogens is 428 g/mol. The fraction of sp³-hybridized carbons (Fsp3) is 0.417. The van der Waals surface area contributed by atoms with Crippen LogP contribution in [0.5, 0.6) is 11.6 Å². The number of hydrogen-bond donors (Lipinski definition) is 1. The van der Waals surface area contributed by atoms with Gasteiger partial charge in [0.2, 0.25) is 20.1 Å². The van der Waals surface area contributed by atoms with Crippen LogP contribution in [0.4, 0.5) is 0 Å². The zero-order valence-electron chi connectivity index (χ0n) is 19.1. The molecule has 1 aromatic carbocycles. The molecule has 1 aliphatic rings. The maximum Gasteiger partial charge on any atom is 0.250 e. The molecule has 1 aromatic heterocycles. The highest BCUT2D eigenvalue weighted by Gasteiger charge is 2.38. The van der Waals surface area contributed by atoms with Crippen molar-refractivity contribution in [2.75, 3.05) is 7.11 Å². The van der Waals surface area contributed by atoms with E-state index in [2.05, 4.69) is 50.2 Å². The second-order valence-corrected chi connectivity index (χ2v) is 14.5. The maximum atomic E-state index is 11.7. The summed E-state index contributed by atoms with van der Waals surface area (Å²) in [5, 5.41) is 3.59. The summed E-state index contributed by atoms with van der Waals surface area (Å²) in [7, 11) is -0.369. The molecule has 0 radical (unpaired) electrons. The summed E-state index contributed by atoms with van der Waals surface area (Å²) in [6, 6.07) is 11.7. The second kappa shape index (κ2) is 9.05. The van der Waals surface area contributed by atoms with E-state index in [1.807, 2.05) is 30.3 Å². The summed E-state index contributed by atoms with van der Waals surface area (Å²) in [5.41, 5.74) is 2.64. The van der Waals surface area contributed by atoms with Gasteiger partial charge in [-0.05, 0) is 54.4 Å². The van der Waals surface area contributed by atoms with E-state index in [0.717, 1.165) is 29.0 Å². The Morgan fingerprint density at radius 3 is 2.42 bits per heavy atom. The largest absolute Gasteiger partial charge is 0.544 e. The molecule has 2 heterocycles. The van der Waals surface area contributed by atoms with E-state index < -0.39 is 8.32 Å². The van der Waals surface area contributed by atoms with Crippen LogP contribution in [0.25, 0.3) is 5.57 Å². The molecule has 1 amide bonds. The van der Waals surface area contributed by atoms with Crippen LogP contribution in [0.2, 0.25) is 23.2 Å². The van der Waals surface area contributed by atoms with Crippen molar-refractivity contribution in [1.29, 1.82) is 0 Å². The van der Waals surface area contributed by atoms with Gasteiger partial charge in [0.15, 0.2) is 0 Å². The van der Waals surface area contributed by atoms with E-state index in [1.165, 1.54) is 0 Å². The highest BCUT2D eigenvalue weighted by molar-refractivity contribution is 6.74. The normalized spacial score (nSPS) is 17.5. The Morgan fingerprint density at radius 1 is 1.19 bits per heavy atom. The SMILES string of the molecule is COc1nc(C(=C[C@H]2CCC(=O)N2)c2ccc(O[Si](C)(C)C(C)(C)C)cc2)ccc1Cl. The lowest BCUT2D eigenvalue weighted by molar-refractivity contribution is -0.119. The number of carbonyl (C=O) groups is 1. The summed E-state index contributed by atoms with van der Waals surface area (Å²) in [5.74, 6) is 1.31. The fourth-order valence-corrected chi connectivity index (χ4v) is 4.37. The zero-order valence-corrected chi connectivity index (χ0v) is 20.8. The molecule has 0 spiro atoms. The van der Waals surface area contributed by atoms with Crippen molar-refractivity contribution in [2.45, 2.75) is 57.8 Å². The lowest BCUT2D eigenvalue weighted by atomic mass is 9.99. The van der Waals surface area contributed by atoms with Crippen LogP contribution in [-0.4, -0.2) is 32.4 Å². The van der Waals surface area contributed by atoms with E-state index in [4.69, 9.17) is 20.8 Å². The van der Waals surface area contributed by atoms with Crippen molar-refractivity contribution in [3.8, 4) is 11.6 Å². The summed E-state index contributed by atoms with van der Waals surface area (Å²) < 4.78 is 11.7. The number of methoxy groups -OCH3 is 1. The van der Waals surface area contributed by atoms with Gasteiger partial charge in [0, 0.05) is 18.0 Å². The first kappa shape index (κ1) is 23.4. The number of carbonyl (C=O) groups excluding carboxylic acids is 1. The predicted octanol–water partition coefficient (Wildman–Crippen LogP) is 5.84.